The second kappa shape index (κ2) is 5.16. The lowest BCUT2D eigenvalue weighted by molar-refractivity contribution is -0.131. The summed E-state index contributed by atoms with van der Waals surface area (Å²) >= 11 is 0. The van der Waals surface area contributed by atoms with Gasteiger partial charge in [0.25, 0.3) is 5.78 Å². The van der Waals surface area contributed by atoms with E-state index in [1.165, 1.54) is 24.3 Å². The van der Waals surface area contributed by atoms with Crippen molar-refractivity contribution in [2.24, 2.45) is 0 Å². The van der Waals surface area contributed by atoms with E-state index in [0.717, 1.165) is 12.1 Å². The van der Waals surface area contributed by atoms with E-state index in [0.29, 0.717) is 5.56 Å². The molecular weight excluding hydrogens is 273 g/mol. The van der Waals surface area contributed by atoms with Gasteiger partial charge in [-0.2, -0.15) is 0 Å². The highest BCUT2D eigenvalue weighted by atomic mass is 19.2. The van der Waals surface area contributed by atoms with E-state index in [-0.39, 0.29) is 11.1 Å². The minimum Gasteiger partial charge on any atom is -0.475 e. The van der Waals surface area contributed by atoms with Crippen LogP contribution in [0.3, 0.4) is 0 Å². The molecule has 0 aliphatic heterocycles. The zero-order chi connectivity index (χ0) is 14.9. The summed E-state index contributed by atoms with van der Waals surface area (Å²) in [6.45, 7) is 0. The largest absolute Gasteiger partial charge is 0.475 e. The summed E-state index contributed by atoms with van der Waals surface area (Å²) < 4.78 is 39.0. The van der Waals surface area contributed by atoms with Gasteiger partial charge in [-0.1, -0.05) is 24.3 Å². The van der Waals surface area contributed by atoms with E-state index < -0.39 is 29.2 Å². The molecule has 2 aromatic rings. The molecule has 0 amide bonds. The minimum atomic E-state index is -1.60. The number of hydrogen-bond acceptors (Lipinski definition) is 2. The van der Waals surface area contributed by atoms with E-state index in [2.05, 4.69) is 0 Å². The number of carbonyl (C=O) groups is 2. The van der Waals surface area contributed by atoms with Crippen molar-refractivity contribution in [2.45, 2.75) is 0 Å². The molecule has 0 aromatic heterocycles. The number of ketones is 1. The summed E-state index contributed by atoms with van der Waals surface area (Å²) in [5.74, 6) is -6.91. The van der Waals surface area contributed by atoms with Gasteiger partial charge < -0.3 is 5.11 Å². The summed E-state index contributed by atoms with van der Waals surface area (Å²) in [5.41, 5.74) is 0.338. The fourth-order valence-corrected chi connectivity index (χ4v) is 1.66. The summed E-state index contributed by atoms with van der Waals surface area (Å²) in [6.07, 6.45) is 0. The Labute approximate surface area is 111 Å². The number of Topliss-reactive ketones (excluding diaryl/α,β-unsaturated/α-hetero) is 1. The van der Waals surface area contributed by atoms with Crippen LogP contribution in [0.1, 0.15) is 10.4 Å². The van der Waals surface area contributed by atoms with Crippen molar-refractivity contribution in [3.63, 3.8) is 0 Å². The molecular formula is C14H7F3O3. The van der Waals surface area contributed by atoms with Gasteiger partial charge in [0.1, 0.15) is 0 Å². The van der Waals surface area contributed by atoms with Crippen molar-refractivity contribution in [1.29, 1.82) is 0 Å². The molecule has 0 bridgehead atoms. The third-order valence-corrected chi connectivity index (χ3v) is 2.66. The second-order valence-corrected chi connectivity index (χ2v) is 3.97. The third-order valence-electron chi connectivity index (χ3n) is 2.66. The number of aliphatic carboxylic acids is 1. The van der Waals surface area contributed by atoms with E-state index in [1.54, 1.807) is 0 Å². The van der Waals surface area contributed by atoms with Crippen molar-refractivity contribution in [3.05, 3.63) is 59.4 Å². The number of carboxylic acids is 1. The maximum atomic E-state index is 13.1. The van der Waals surface area contributed by atoms with Crippen LogP contribution in [-0.2, 0) is 4.79 Å². The van der Waals surface area contributed by atoms with Crippen molar-refractivity contribution in [2.75, 3.05) is 0 Å². The predicted octanol–water partition coefficient (Wildman–Crippen LogP) is 3.04. The molecule has 2 rings (SSSR count). The van der Waals surface area contributed by atoms with Crippen LogP contribution in [0.15, 0.2) is 36.4 Å². The molecule has 20 heavy (non-hydrogen) atoms. The summed E-state index contributed by atoms with van der Waals surface area (Å²) in [4.78, 5) is 21.7. The van der Waals surface area contributed by atoms with Gasteiger partial charge in [0.15, 0.2) is 17.5 Å². The lowest BCUT2D eigenvalue weighted by Crippen LogP contribution is -2.12. The zero-order valence-corrected chi connectivity index (χ0v) is 9.86. The molecule has 0 fully saturated rings. The number of carboxylic acid groups (broad SMARTS) is 1. The Balaban J connectivity index is 2.40. The van der Waals surface area contributed by atoms with Crippen LogP contribution in [0.25, 0.3) is 11.1 Å². The fraction of sp³-hybridized carbons (Fsp3) is 0. The van der Waals surface area contributed by atoms with Crippen molar-refractivity contribution >= 4 is 11.8 Å². The number of hydrogen-bond donors (Lipinski definition) is 1. The SMILES string of the molecule is O=C(O)C(=O)c1ccc(-c2cc(F)c(F)c(F)c2)cc1. The number of rotatable bonds is 3. The first kappa shape index (κ1) is 13.8. The van der Waals surface area contributed by atoms with Gasteiger partial charge in [0.05, 0.1) is 0 Å². The Morgan fingerprint density at radius 2 is 1.35 bits per heavy atom. The second-order valence-electron chi connectivity index (χ2n) is 3.97. The van der Waals surface area contributed by atoms with Crippen molar-refractivity contribution < 1.29 is 27.9 Å². The Morgan fingerprint density at radius 1 is 0.850 bits per heavy atom. The molecule has 0 saturated heterocycles. The molecule has 2 aromatic carbocycles. The van der Waals surface area contributed by atoms with Crippen LogP contribution in [0.4, 0.5) is 13.2 Å². The van der Waals surface area contributed by atoms with Gasteiger partial charge in [0.2, 0.25) is 0 Å². The average molecular weight is 280 g/mol. The minimum absolute atomic E-state index is 0.0655. The van der Waals surface area contributed by atoms with E-state index in [4.69, 9.17) is 5.11 Å². The molecule has 1 N–H and O–H groups in total. The first-order valence-electron chi connectivity index (χ1n) is 5.42. The van der Waals surface area contributed by atoms with Gasteiger partial charge in [-0.25, -0.2) is 18.0 Å². The molecule has 0 unspecified atom stereocenters. The van der Waals surface area contributed by atoms with Gasteiger partial charge in [-0.3, -0.25) is 4.79 Å². The Bertz CT molecular complexity index is 670. The topological polar surface area (TPSA) is 54.4 Å². The molecule has 102 valence electrons. The van der Waals surface area contributed by atoms with Crippen LogP contribution in [0, 0.1) is 17.5 Å². The number of halogens is 3. The molecule has 3 nitrogen and oxygen atoms in total. The molecule has 0 heterocycles. The Morgan fingerprint density at radius 3 is 1.80 bits per heavy atom. The maximum absolute atomic E-state index is 13.1. The summed E-state index contributed by atoms with van der Waals surface area (Å²) in [5, 5.41) is 8.53. The lowest BCUT2D eigenvalue weighted by atomic mass is 10.0. The van der Waals surface area contributed by atoms with Crippen molar-refractivity contribution in [3.8, 4) is 11.1 Å². The highest BCUT2D eigenvalue weighted by Crippen LogP contribution is 2.24. The Hall–Kier alpha value is -2.63. The number of carbonyl (C=O) groups excluding carboxylic acids is 1. The molecule has 0 aliphatic carbocycles. The number of benzene rings is 2. The van der Waals surface area contributed by atoms with Gasteiger partial charge in [-0.15, -0.1) is 0 Å². The van der Waals surface area contributed by atoms with E-state index >= 15 is 0 Å². The smallest absolute Gasteiger partial charge is 0.377 e. The summed E-state index contributed by atoms with van der Waals surface area (Å²) in [6, 6.07) is 6.69. The van der Waals surface area contributed by atoms with E-state index in [1.807, 2.05) is 0 Å². The van der Waals surface area contributed by atoms with Crippen LogP contribution < -0.4 is 0 Å². The van der Waals surface area contributed by atoms with Gasteiger partial charge in [-0.05, 0) is 23.3 Å². The fourth-order valence-electron chi connectivity index (χ4n) is 1.66. The molecule has 0 saturated carbocycles. The summed E-state index contributed by atoms with van der Waals surface area (Å²) in [7, 11) is 0. The first-order chi connectivity index (χ1) is 9.40. The van der Waals surface area contributed by atoms with E-state index in [9.17, 15) is 22.8 Å². The highest BCUT2D eigenvalue weighted by Gasteiger charge is 2.15. The highest BCUT2D eigenvalue weighted by molar-refractivity contribution is 6.39. The van der Waals surface area contributed by atoms with Crippen LogP contribution >= 0.6 is 0 Å². The third kappa shape index (κ3) is 2.54. The lowest BCUT2D eigenvalue weighted by Gasteiger charge is -2.04. The predicted molar refractivity (Wildman–Crippen MR) is 63.7 cm³/mol. The normalized spacial score (nSPS) is 10.3. The van der Waals surface area contributed by atoms with Crippen molar-refractivity contribution in [1.82, 2.24) is 0 Å². The zero-order valence-electron chi connectivity index (χ0n) is 9.86. The first-order valence-corrected chi connectivity index (χ1v) is 5.42. The molecule has 6 heteroatoms. The molecule has 0 aliphatic rings. The standard InChI is InChI=1S/C14H7F3O3/c15-10-5-9(6-11(16)12(10)17)7-1-3-8(4-2-7)13(18)14(19)20/h1-6H,(H,19,20). The monoisotopic (exact) mass is 280 g/mol. The molecule has 0 radical (unpaired) electrons. The molecule has 0 atom stereocenters. The maximum Gasteiger partial charge on any atom is 0.377 e. The Kier molecular flexibility index (Phi) is 3.56. The van der Waals surface area contributed by atoms with Crippen LogP contribution in [-0.4, -0.2) is 16.9 Å². The van der Waals surface area contributed by atoms with Gasteiger partial charge in [0, 0.05) is 5.56 Å². The van der Waals surface area contributed by atoms with Crippen LogP contribution in [0.2, 0.25) is 0 Å². The van der Waals surface area contributed by atoms with Gasteiger partial charge >= 0.3 is 5.97 Å². The average Bonchev–Trinajstić information content (AvgIpc) is 2.43. The van der Waals surface area contributed by atoms with Crippen LogP contribution in [0.5, 0.6) is 0 Å². The quantitative estimate of drug-likeness (QED) is 0.534. The molecule has 0 spiro atoms.